The molecule has 0 bridgehead atoms. The van der Waals surface area contributed by atoms with Gasteiger partial charge in [0, 0.05) is 6.21 Å². The predicted octanol–water partition coefficient (Wildman–Crippen LogP) is -1.20. The van der Waals surface area contributed by atoms with Gasteiger partial charge in [0.15, 0.2) is 0 Å². The number of quaternary nitrogens is 1. The Hall–Kier alpha value is -1.16. The molecule has 0 rings (SSSR count). The molecule has 0 aromatic carbocycles. The highest BCUT2D eigenvalue weighted by molar-refractivity contribution is 6.07. The fraction of sp³-hybridized carbons (Fsp3) is 0.200. The molecule has 0 amide bonds. The van der Waals surface area contributed by atoms with Gasteiger partial charge in [-0.05, 0) is 0 Å². The van der Waals surface area contributed by atoms with Crippen LogP contribution in [0.3, 0.4) is 0 Å². The Morgan fingerprint density at radius 1 is 1.78 bits per heavy atom. The number of carboxylic acids is 1. The normalized spacial score (nSPS) is 11.0. The number of carboxylic acid groups (broad SMARTS) is 1. The zero-order valence-electron chi connectivity index (χ0n) is 5.09. The molecule has 0 saturated carbocycles. The fourth-order valence-electron chi connectivity index (χ4n) is 0.361. The van der Waals surface area contributed by atoms with Crippen LogP contribution in [0.25, 0.3) is 0 Å². The molecular formula is C5H9N2O2+. The van der Waals surface area contributed by atoms with Gasteiger partial charge in [0.05, 0.1) is 7.05 Å². The Balaban J connectivity index is 4.14. The van der Waals surface area contributed by atoms with E-state index in [-0.39, 0.29) is 5.57 Å². The third kappa shape index (κ3) is 2.61. The number of carbonyl (C=O) groups is 1. The van der Waals surface area contributed by atoms with E-state index in [4.69, 9.17) is 10.5 Å². The highest BCUT2D eigenvalue weighted by atomic mass is 16.4. The van der Waals surface area contributed by atoms with Gasteiger partial charge < -0.3 is 15.8 Å². The SMILES string of the molecule is C[NH2+]/C=C(\C=N)C(=O)O. The van der Waals surface area contributed by atoms with Gasteiger partial charge in [-0.3, -0.25) is 0 Å². The summed E-state index contributed by atoms with van der Waals surface area (Å²) in [6.45, 7) is 0. The largest absolute Gasteiger partial charge is 0.477 e. The molecule has 0 spiro atoms. The molecule has 0 aromatic rings. The van der Waals surface area contributed by atoms with Crippen LogP contribution < -0.4 is 5.32 Å². The first kappa shape index (κ1) is 7.84. The maximum absolute atomic E-state index is 10.1. The van der Waals surface area contributed by atoms with Crippen LogP contribution in [0, 0.1) is 5.41 Å². The fourth-order valence-corrected chi connectivity index (χ4v) is 0.361. The quantitative estimate of drug-likeness (QED) is 0.330. The van der Waals surface area contributed by atoms with Crippen LogP contribution in [0.1, 0.15) is 0 Å². The van der Waals surface area contributed by atoms with Gasteiger partial charge in [-0.15, -0.1) is 0 Å². The van der Waals surface area contributed by atoms with Gasteiger partial charge in [-0.1, -0.05) is 0 Å². The van der Waals surface area contributed by atoms with Crippen LogP contribution in [-0.2, 0) is 4.79 Å². The van der Waals surface area contributed by atoms with Crippen LogP contribution in [0.15, 0.2) is 11.8 Å². The van der Waals surface area contributed by atoms with Crippen molar-refractivity contribution in [3.8, 4) is 0 Å². The topological polar surface area (TPSA) is 77.8 Å². The predicted molar refractivity (Wildman–Crippen MR) is 32.4 cm³/mol. The zero-order chi connectivity index (χ0) is 7.28. The molecule has 4 N–H and O–H groups in total. The Labute approximate surface area is 52.7 Å². The van der Waals surface area contributed by atoms with E-state index in [1.165, 1.54) is 6.20 Å². The summed E-state index contributed by atoms with van der Waals surface area (Å²) < 4.78 is 0. The molecule has 0 aliphatic rings. The lowest BCUT2D eigenvalue weighted by Crippen LogP contribution is -2.73. The van der Waals surface area contributed by atoms with Crippen LogP contribution in [0.2, 0.25) is 0 Å². The van der Waals surface area contributed by atoms with Crippen molar-refractivity contribution in [1.82, 2.24) is 0 Å². The average Bonchev–Trinajstić information content (AvgIpc) is 1.82. The third-order valence-corrected chi connectivity index (χ3v) is 0.749. The minimum atomic E-state index is -1.07. The molecule has 0 radical (unpaired) electrons. The standard InChI is InChI=1S/C5H8N2O2/c1-7-3-4(2-6)5(8)9/h2-3,6-7H,1H3,(H,8,9)/p+1/b4-3+,6-2?. The van der Waals surface area contributed by atoms with Crippen molar-refractivity contribution in [3.05, 3.63) is 11.8 Å². The summed E-state index contributed by atoms with van der Waals surface area (Å²) in [6.07, 6.45) is 2.18. The first-order chi connectivity index (χ1) is 4.22. The molecule has 9 heavy (non-hydrogen) atoms. The lowest BCUT2D eigenvalue weighted by atomic mass is 10.3. The van der Waals surface area contributed by atoms with E-state index >= 15 is 0 Å². The summed E-state index contributed by atoms with van der Waals surface area (Å²) in [6, 6.07) is 0. The van der Waals surface area contributed by atoms with Crippen LogP contribution in [-0.4, -0.2) is 24.3 Å². The number of aliphatic carboxylic acids is 1. The lowest BCUT2D eigenvalue weighted by Gasteiger charge is -1.86. The smallest absolute Gasteiger partial charge is 0.342 e. The van der Waals surface area contributed by atoms with Crippen LogP contribution in [0.4, 0.5) is 0 Å². The first-order valence-electron chi connectivity index (χ1n) is 2.45. The zero-order valence-corrected chi connectivity index (χ0v) is 5.09. The van der Waals surface area contributed by atoms with E-state index in [1.807, 2.05) is 0 Å². The second-order valence-corrected chi connectivity index (χ2v) is 1.40. The van der Waals surface area contributed by atoms with Crippen LogP contribution in [0.5, 0.6) is 0 Å². The molecular weight excluding hydrogens is 120 g/mol. The summed E-state index contributed by atoms with van der Waals surface area (Å²) in [5.41, 5.74) is -0.00231. The maximum atomic E-state index is 10.1. The molecule has 0 heterocycles. The summed E-state index contributed by atoms with van der Waals surface area (Å²) >= 11 is 0. The summed E-state index contributed by atoms with van der Waals surface area (Å²) in [4.78, 5) is 10.1. The van der Waals surface area contributed by atoms with Gasteiger partial charge in [0.25, 0.3) is 0 Å². The highest BCUT2D eigenvalue weighted by Crippen LogP contribution is 1.82. The van der Waals surface area contributed by atoms with E-state index < -0.39 is 5.97 Å². The van der Waals surface area contributed by atoms with Crippen LogP contribution >= 0.6 is 0 Å². The monoisotopic (exact) mass is 129 g/mol. The average molecular weight is 129 g/mol. The number of hydrogen-bond donors (Lipinski definition) is 3. The molecule has 0 aliphatic heterocycles. The van der Waals surface area contributed by atoms with Gasteiger partial charge >= 0.3 is 5.97 Å². The van der Waals surface area contributed by atoms with Crippen molar-refractivity contribution in [2.75, 3.05) is 7.05 Å². The second-order valence-electron chi connectivity index (χ2n) is 1.40. The minimum absolute atomic E-state index is 0.00231. The molecule has 0 unspecified atom stereocenters. The number of hydrogen-bond acceptors (Lipinski definition) is 2. The number of rotatable bonds is 3. The van der Waals surface area contributed by atoms with Crippen molar-refractivity contribution in [1.29, 1.82) is 5.41 Å². The Morgan fingerprint density at radius 3 is 2.44 bits per heavy atom. The van der Waals surface area contributed by atoms with Gasteiger partial charge in [-0.25, -0.2) is 4.79 Å². The molecule has 0 fully saturated rings. The molecule has 0 aromatic heterocycles. The van der Waals surface area contributed by atoms with Crippen molar-refractivity contribution < 1.29 is 15.2 Å². The molecule has 0 aliphatic carbocycles. The Morgan fingerprint density at radius 2 is 2.33 bits per heavy atom. The summed E-state index contributed by atoms with van der Waals surface area (Å²) in [5.74, 6) is -1.07. The van der Waals surface area contributed by atoms with E-state index in [2.05, 4.69) is 0 Å². The Bertz CT molecular complexity index is 151. The number of nitrogens with one attached hydrogen (secondary N) is 1. The van der Waals surface area contributed by atoms with E-state index in [0.717, 1.165) is 6.21 Å². The molecule has 0 atom stereocenters. The van der Waals surface area contributed by atoms with Gasteiger partial charge in [0.2, 0.25) is 0 Å². The van der Waals surface area contributed by atoms with Crippen molar-refractivity contribution in [2.45, 2.75) is 0 Å². The minimum Gasteiger partial charge on any atom is -0.477 e. The Kier molecular flexibility index (Phi) is 3.31. The molecule has 0 saturated heterocycles. The molecule has 4 heteroatoms. The third-order valence-electron chi connectivity index (χ3n) is 0.749. The second kappa shape index (κ2) is 3.80. The van der Waals surface area contributed by atoms with Crippen molar-refractivity contribution in [2.24, 2.45) is 0 Å². The molecule has 50 valence electrons. The van der Waals surface area contributed by atoms with Crippen molar-refractivity contribution >= 4 is 12.2 Å². The van der Waals surface area contributed by atoms with E-state index in [1.54, 1.807) is 12.4 Å². The summed E-state index contributed by atoms with van der Waals surface area (Å²) in [7, 11) is 1.70. The van der Waals surface area contributed by atoms with Crippen molar-refractivity contribution in [3.63, 3.8) is 0 Å². The lowest BCUT2D eigenvalue weighted by molar-refractivity contribution is -0.556. The first-order valence-corrected chi connectivity index (χ1v) is 2.45. The molecule has 4 nitrogen and oxygen atoms in total. The van der Waals surface area contributed by atoms with Gasteiger partial charge in [0.1, 0.15) is 11.8 Å². The summed E-state index contributed by atoms with van der Waals surface area (Å²) in [5, 5.41) is 16.4. The number of nitrogens with two attached hydrogens (primary N) is 1. The maximum Gasteiger partial charge on any atom is 0.342 e. The van der Waals surface area contributed by atoms with Gasteiger partial charge in [-0.2, -0.15) is 0 Å². The van der Waals surface area contributed by atoms with E-state index in [0.29, 0.717) is 0 Å². The van der Waals surface area contributed by atoms with E-state index in [9.17, 15) is 4.79 Å². The highest BCUT2D eigenvalue weighted by Gasteiger charge is 2.02.